The van der Waals surface area contributed by atoms with E-state index in [1.807, 2.05) is 27.7 Å². The van der Waals surface area contributed by atoms with Crippen LogP contribution in [0.3, 0.4) is 0 Å². The Kier molecular flexibility index (Phi) is 10.4. The van der Waals surface area contributed by atoms with Gasteiger partial charge >= 0.3 is 5.97 Å². The van der Waals surface area contributed by atoms with Crippen molar-refractivity contribution in [3.8, 4) is 0 Å². The standard InChI is InChI=1S/C21H38N4O6/c1-6-12(4)16(22)18(27)24-17(13(5)26)19(28)23-14(10-11(2)3)20(29)25-9-7-8-15(25)21(30)31/h11-17,26H,6-10,22H2,1-5H3,(H,23,28)(H,24,27)(H,30,31). The first-order valence-electron chi connectivity index (χ1n) is 11.0. The number of nitrogens with one attached hydrogen (secondary N) is 2. The van der Waals surface area contributed by atoms with Crippen LogP contribution in [0.4, 0.5) is 0 Å². The lowest BCUT2D eigenvalue weighted by molar-refractivity contribution is -0.149. The number of nitrogens with zero attached hydrogens (tertiary/aromatic N) is 1. The molecule has 1 heterocycles. The summed E-state index contributed by atoms with van der Waals surface area (Å²) in [5.41, 5.74) is 5.92. The second kappa shape index (κ2) is 12.0. The molecule has 6 N–H and O–H groups in total. The maximum Gasteiger partial charge on any atom is 0.326 e. The zero-order chi connectivity index (χ0) is 23.9. The molecule has 0 spiro atoms. The number of rotatable bonds is 11. The van der Waals surface area contributed by atoms with Crippen molar-refractivity contribution in [1.29, 1.82) is 0 Å². The van der Waals surface area contributed by atoms with Gasteiger partial charge in [-0.1, -0.05) is 34.1 Å². The van der Waals surface area contributed by atoms with E-state index in [0.717, 1.165) is 0 Å². The maximum absolute atomic E-state index is 13.1. The lowest BCUT2D eigenvalue weighted by Crippen LogP contribution is -2.60. The molecule has 31 heavy (non-hydrogen) atoms. The van der Waals surface area contributed by atoms with Crippen LogP contribution in [0.5, 0.6) is 0 Å². The van der Waals surface area contributed by atoms with Crippen LogP contribution >= 0.6 is 0 Å². The molecule has 0 aromatic carbocycles. The van der Waals surface area contributed by atoms with E-state index in [1.54, 1.807) is 0 Å². The monoisotopic (exact) mass is 442 g/mol. The summed E-state index contributed by atoms with van der Waals surface area (Å²) < 4.78 is 0. The summed E-state index contributed by atoms with van der Waals surface area (Å²) >= 11 is 0. The molecule has 0 aromatic heterocycles. The van der Waals surface area contributed by atoms with Crippen molar-refractivity contribution in [2.75, 3.05) is 6.54 Å². The molecule has 6 atom stereocenters. The highest BCUT2D eigenvalue weighted by Gasteiger charge is 2.39. The summed E-state index contributed by atoms with van der Waals surface area (Å²) in [7, 11) is 0. The number of aliphatic hydroxyl groups excluding tert-OH is 1. The third-order valence-corrected chi connectivity index (χ3v) is 5.77. The maximum atomic E-state index is 13.1. The fourth-order valence-corrected chi connectivity index (χ4v) is 3.61. The van der Waals surface area contributed by atoms with Crippen molar-refractivity contribution in [3.63, 3.8) is 0 Å². The molecule has 0 radical (unpaired) electrons. The van der Waals surface area contributed by atoms with Gasteiger partial charge in [-0.15, -0.1) is 0 Å². The second-order valence-corrected chi connectivity index (χ2v) is 8.86. The molecule has 1 rings (SSSR count). The zero-order valence-electron chi connectivity index (χ0n) is 19.1. The number of likely N-dealkylation sites (tertiary alicyclic amines) is 1. The highest BCUT2D eigenvalue weighted by Crippen LogP contribution is 2.20. The molecule has 1 fully saturated rings. The molecule has 3 amide bonds. The third-order valence-electron chi connectivity index (χ3n) is 5.77. The van der Waals surface area contributed by atoms with E-state index >= 15 is 0 Å². The number of nitrogens with two attached hydrogens (primary N) is 1. The van der Waals surface area contributed by atoms with Crippen molar-refractivity contribution in [2.45, 2.75) is 90.6 Å². The molecule has 10 nitrogen and oxygen atoms in total. The Balaban J connectivity index is 2.98. The van der Waals surface area contributed by atoms with Crippen LogP contribution in [0.15, 0.2) is 0 Å². The summed E-state index contributed by atoms with van der Waals surface area (Å²) in [4.78, 5) is 51.1. The van der Waals surface area contributed by atoms with E-state index in [0.29, 0.717) is 32.2 Å². The molecule has 0 aliphatic carbocycles. The number of carbonyl (C=O) groups excluding carboxylic acids is 3. The van der Waals surface area contributed by atoms with Gasteiger partial charge < -0.3 is 31.5 Å². The van der Waals surface area contributed by atoms with Crippen molar-refractivity contribution in [2.24, 2.45) is 17.6 Å². The van der Waals surface area contributed by atoms with Gasteiger partial charge in [0.1, 0.15) is 18.1 Å². The summed E-state index contributed by atoms with van der Waals surface area (Å²) in [6.45, 7) is 9.13. The minimum absolute atomic E-state index is 0.0403. The molecule has 1 aliphatic rings. The normalized spacial score (nSPS) is 21.2. The Morgan fingerprint density at radius 1 is 1.10 bits per heavy atom. The van der Waals surface area contributed by atoms with Crippen LogP contribution in [0, 0.1) is 11.8 Å². The van der Waals surface area contributed by atoms with Crippen LogP contribution in [0.2, 0.25) is 0 Å². The fourth-order valence-electron chi connectivity index (χ4n) is 3.61. The van der Waals surface area contributed by atoms with Gasteiger partial charge in [-0.25, -0.2) is 4.79 Å². The topological polar surface area (TPSA) is 162 Å². The third kappa shape index (κ3) is 7.46. The average molecular weight is 443 g/mol. The molecule has 1 aliphatic heterocycles. The van der Waals surface area contributed by atoms with E-state index in [2.05, 4.69) is 10.6 Å². The van der Waals surface area contributed by atoms with Crippen LogP contribution in [-0.2, 0) is 19.2 Å². The predicted octanol–water partition coefficient (Wildman–Crippen LogP) is -0.168. The van der Waals surface area contributed by atoms with Gasteiger partial charge in [0.25, 0.3) is 0 Å². The van der Waals surface area contributed by atoms with Gasteiger partial charge in [0.05, 0.1) is 12.1 Å². The summed E-state index contributed by atoms with van der Waals surface area (Å²) in [6, 6.07) is -4.01. The lowest BCUT2D eigenvalue weighted by Gasteiger charge is -2.30. The minimum Gasteiger partial charge on any atom is -0.480 e. The Morgan fingerprint density at radius 3 is 2.19 bits per heavy atom. The molecule has 1 saturated heterocycles. The Bertz CT molecular complexity index is 654. The Labute approximate surface area is 183 Å². The number of hydrogen-bond donors (Lipinski definition) is 5. The number of aliphatic hydroxyl groups is 1. The van der Waals surface area contributed by atoms with Crippen molar-refractivity contribution < 1.29 is 29.4 Å². The summed E-state index contributed by atoms with van der Waals surface area (Å²) in [5, 5.41) is 24.6. The molecule has 178 valence electrons. The van der Waals surface area contributed by atoms with Gasteiger partial charge in [-0.05, 0) is 38.0 Å². The van der Waals surface area contributed by atoms with Crippen molar-refractivity contribution in [1.82, 2.24) is 15.5 Å². The van der Waals surface area contributed by atoms with Gasteiger partial charge in [0, 0.05) is 6.54 Å². The summed E-state index contributed by atoms with van der Waals surface area (Å²) in [5.74, 6) is -2.90. The first-order valence-corrected chi connectivity index (χ1v) is 11.0. The minimum atomic E-state index is -1.29. The number of carboxylic acid groups (broad SMARTS) is 1. The van der Waals surface area contributed by atoms with E-state index < -0.39 is 54.0 Å². The highest BCUT2D eigenvalue weighted by atomic mass is 16.4. The Morgan fingerprint density at radius 2 is 1.71 bits per heavy atom. The molecule has 0 bridgehead atoms. The quantitative estimate of drug-likeness (QED) is 0.297. The van der Waals surface area contributed by atoms with Gasteiger partial charge in [-0.3, -0.25) is 14.4 Å². The zero-order valence-corrected chi connectivity index (χ0v) is 19.1. The van der Waals surface area contributed by atoms with Gasteiger partial charge in [0.2, 0.25) is 17.7 Å². The molecule has 0 saturated carbocycles. The average Bonchev–Trinajstić information content (AvgIpc) is 3.18. The SMILES string of the molecule is CCC(C)C(N)C(=O)NC(C(=O)NC(CC(C)C)C(=O)N1CCCC1C(=O)O)C(C)O. The molecule has 6 unspecified atom stereocenters. The number of carboxylic acids is 1. The van der Waals surface area contributed by atoms with Crippen LogP contribution < -0.4 is 16.4 Å². The molecule has 0 aromatic rings. The van der Waals surface area contributed by atoms with Gasteiger partial charge in [0.15, 0.2) is 0 Å². The number of carbonyl (C=O) groups is 4. The van der Waals surface area contributed by atoms with Crippen molar-refractivity contribution >= 4 is 23.7 Å². The van der Waals surface area contributed by atoms with E-state index in [4.69, 9.17) is 5.73 Å². The fraction of sp³-hybridized carbons (Fsp3) is 0.810. The van der Waals surface area contributed by atoms with Gasteiger partial charge in [-0.2, -0.15) is 0 Å². The van der Waals surface area contributed by atoms with Crippen LogP contribution in [0.25, 0.3) is 0 Å². The first kappa shape index (κ1) is 26.8. The molecular weight excluding hydrogens is 404 g/mol. The predicted molar refractivity (Wildman–Crippen MR) is 115 cm³/mol. The molecule has 10 heteroatoms. The lowest BCUT2D eigenvalue weighted by atomic mass is 9.98. The van der Waals surface area contributed by atoms with E-state index in [9.17, 15) is 29.4 Å². The van der Waals surface area contributed by atoms with Crippen LogP contribution in [-0.4, -0.2) is 75.6 Å². The smallest absolute Gasteiger partial charge is 0.326 e. The Hall–Kier alpha value is -2.20. The number of hydrogen-bond acceptors (Lipinski definition) is 6. The highest BCUT2D eigenvalue weighted by molar-refractivity contribution is 5.94. The number of amides is 3. The number of aliphatic carboxylic acids is 1. The van der Waals surface area contributed by atoms with E-state index in [-0.39, 0.29) is 11.8 Å². The van der Waals surface area contributed by atoms with Crippen LogP contribution in [0.1, 0.15) is 60.3 Å². The summed E-state index contributed by atoms with van der Waals surface area (Å²) in [6.07, 6.45) is 0.682. The van der Waals surface area contributed by atoms with Crippen molar-refractivity contribution in [3.05, 3.63) is 0 Å². The molecular formula is C21H38N4O6. The second-order valence-electron chi connectivity index (χ2n) is 8.86. The van der Waals surface area contributed by atoms with E-state index in [1.165, 1.54) is 11.8 Å². The first-order chi connectivity index (χ1) is 14.4. The largest absolute Gasteiger partial charge is 0.480 e.